The first-order chi connectivity index (χ1) is 10.8. The zero-order valence-electron chi connectivity index (χ0n) is 13.1. The van der Waals surface area contributed by atoms with Crippen molar-refractivity contribution >= 4 is 17.6 Å². The van der Waals surface area contributed by atoms with Crippen LogP contribution in [0.25, 0.3) is 0 Å². The summed E-state index contributed by atoms with van der Waals surface area (Å²) in [6, 6.07) is 5.94. The summed E-state index contributed by atoms with van der Waals surface area (Å²) in [4.78, 5) is 21.8. The minimum atomic E-state index is -1.84. The van der Waals surface area contributed by atoms with Crippen molar-refractivity contribution in [3.05, 3.63) is 24.3 Å². The van der Waals surface area contributed by atoms with Crippen LogP contribution in [-0.2, 0) is 14.3 Å². The van der Waals surface area contributed by atoms with Crippen molar-refractivity contribution in [2.24, 2.45) is 0 Å². The van der Waals surface area contributed by atoms with E-state index in [0.717, 1.165) is 0 Å². The summed E-state index contributed by atoms with van der Waals surface area (Å²) in [5, 5.41) is 42.4. The van der Waals surface area contributed by atoms with Gasteiger partial charge in [0.05, 0.1) is 5.97 Å². The average Bonchev–Trinajstić information content (AvgIpc) is 2.48. The largest absolute Gasteiger partial charge is 1.00 e. The van der Waals surface area contributed by atoms with Gasteiger partial charge in [-0.05, 0) is 24.3 Å². The number of hydrogen-bond donors (Lipinski definition) is 4. The van der Waals surface area contributed by atoms with Crippen molar-refractivity contribution in [1.29, 1.82) is 0 Å². The molecule has 1 aromatic rings. The molecule has 1 amide bonds. The summed E-state index contributed by atoms with van der Waals surface area (Å²) >= 11 is 0. The van der Waals surface area contributed by atoms with Crippen molar-refractivity contribution in [2.45, 2.75) is 37.6 Å². The number of aliphatic hydroxyl groups excluding tert-OH is 3. The number of rotatable bonds is 4. The van der Waals surface area contributed by atoms with E-state index in [1.54, 1.807) is 0 Å². The fraction of sp³-hybridized carbons (Fsp3) is 0.429. The summed E-state index contributed by atoms with van der Waals surface area (Å²) in [7, 11) is 0. The second kappa shape index (κ2) is 8.77. The van der Waals surface area contributed by atoms with E-state index in [0.29, 0.717) is 5.69 Å². The molecule has 9 nitrogen and oxygen atoms in total. The number of benzene rings is 1. The van der Waals surface area contributed by atoms with E-state index in [4.69, 9.17) is 9.47 Å². The molecule has 126 valence electrons. The van der Waals surface area contributed by atoms with E-state index >= 15 is 0 Å². The van der Waals surface area contributed by atoms with Gasteiger partial charge >= 0.3 is 29.6 Å². The minimum Gasteiger partial charge on any atom is -0.547 e. The Hall–Kier alpha value is -1.20. The molecule has 10 heteroatoms. The molecule has 4 N–H and O–H groups in total. The van der Waals surface area contributed by atoms with Crippen molar-refractivity contribution in [3.8, 4) is 5.75 Å². The number of nitrogens with one attached hydrogen (secondary N) is 1. The van der Waals surface area contributed by atoms with E-state index in [9.17, 15) is 30.0 Å². The molecule has 0 radical (unpaired) electrons. The van der Waals surface area contributed by atoms with Crippen LogP contribution < -0.4 is 44.7 Å². The van der Waals surface area contributed by atoms with Crippen LogP contribution >= 0.6 is 0 Å². The zero-order valence-corrected chi connectivity index (χ0v) is 15.1. The molecule has 1 heterocycles. The Balaban J connectivity index is 0.00000288. The summed E-state index contributed by atoms with van der Waals surface area (Å²) < 4.78 is 10.2. The molecular weight excluding hydrogens is 333 g/mol. The van der Waals surface area contributed by atoms with Crippen LogP contribution in [0, 0.1) is 0 Å². The van der Waals surface area contributed by atoms with Crippen LogP contribution in [0.2, 0.25) is 0 Å². The first kappa shape index (κ1) is 20.8. The van der Waals surface area contributed by atoms with Gasteiger partial charge in [-0.25, -0.2) is 0 Å². The second-order valence-electron chi connectivity index (χ2n) is 5.04. The maximum atomic E-state index is 10.9. The van der Waals surface area contributed by atoms with Crippen LogP contribution in [0.3, 0.4) is 0 Å². The summed E-state index contributed by atoms with van der Waals surface area (Å²) in [5.74, 6) is -1.79. The van der Waals surface area contributed by atoms with Gasteiger partial charge in [0.25, 0.3) is 0 Å². The topological polar surface area (TPSA) is 148 Å². The van der Waals surface area contributed by atoms with Crippen LogP contribution in [-0.4, -0.2) is 57.9 Å². The van der Waals surface area contributed by atoms with Crippen LogP contribution in [0.5, 0.6) is 5.75 Å². The van der Waals surface area contributed by atoms with Gasteiger partial charge in [0.1, 0.15) is 30.2 Å². The Bertz CT molecular complexity index is 581. The summed E-state index contributed by atoms with van der Waals surface area (Å²) in [5.41, 5.74) is 0.512. The molecule has 0 aliphatic carbocycles. The van der Waals surface area contributed by atoms with E-state index in [1.807, 2.05) is 0 Å². The molecular formula is C14H16NNaO8. The van der Waals surface area contributed by atoms with Gasteiger partial charge in [0, 0.05) is 12.6 Å². The van der Waals surface area contributed by atoms with Gasteiger partial charge in [-0.1, -0.05) is 0 Å². The molecule has 1 aromatic carbocycles. The number of carboxylic acid groups (broad SMARTS) is 1. The molecule has 5 atom stereocenters. The van der Waals surface area contributed by atoms with Crippen molar-refractivity contribution < 1.29 is 69.0 Å². The number of carbonyl (C=O) groups is 2. The molecule has 2 rings (SSSR count). The van der Waals surface area contributed by atoms with Gasteiger partial charge in [0.15, 0.2) is 0 Å². The molecule has 0 saturated carbocycles. The predicted octanol–water partition coefficient (Wildman–Crippen LogP) is -5.41. The second-order valence-corrected chi connectivity index (χ2v) is 5.04. The first-order valence-electron chi connectivity index (χ1n) is 6.74. The van der Waals surface area contributed by atoms with E-state index in [1.165, 1.54) is 31.2 Å². The maximum absolute atomic E-state index is 10.9. The molecule has 1 aliphatic heterocycles. The van der Waals surface area contributed by atoms with Crippen molar-refractivity contribution in [3.63, 3.8) is 0 Å². The predicted molar refractivity (Wildman–Crippen MR) is 73.1 cm³/mol. The van der Waals surface area contributed by atoms with E-state index < -0.39 is 36.7 Å². The number of aliphatic hydroxyl groups is 3. The Kier molecular flexibility index (Phi) is 7.61. The molecule has 0 aromatic heterocycles. The zero-order chi connectivity index (χ0) is 17.1. The van der Waals surface area contributed by atoms with Gasteiger partial charge < -0.3 is 40.0 Å². The SMILES string of the molecule is CC(=O)Nc1ccc(O[C@@H]2O[C@@H](C(=O)[O-])[C@@H](O)[C@H](O)[C@H]2O)cc1.[Na+]. The quantitative estimate of drug-likeness (QED) is 0.394. The maximum Gasteiger partial charge on any atom is 1.00 e. The third kappa shape index (κ3) is 4.90. The Labute approximate surface area is 159 Å². The van der Waals surface area contributed by atoms with Gasteiger partial charge in [0.2, 0.25) is 12.2 Å². The van der Waals surface area contributed by atoms with Gasteiger partial charge in [-0.2, -0.15) is 0 Å². The molecule has 0 unspecified atom stereocenters. The number of amides is 1. The fourth-order valence-electron chi connectivity index (χ4n) is 2.09. The molecule has 1 aliphatic rings. The normalized spacial score (nSPS) is 29.2. The Morgan fingerprint density at radius 1 is 1.12 bits per heavy atom. The minimum absolute atomic E-state index is 0. The Morgan fingerprint density at radius 2 is 1.71 bits per heavy atom. The smallest absolute Gasteiger partial charge is 0.547 e. The third-order valence-corrected chi connectivity index (χ3v) is 3.23. The van der Waals surface area contributed by atoms with Gasteiger partial charge in [-0.15, -0.1) is 0 Å². The molecule has 0 spiro atoms. The molecule has 1 fully saturated rings. The van der Waals surface area contributed by atoms with E-state index in [2.05, 4.69) is 5.32 Å². The molecule has 1 saturated heterocycles. The fourth-order valence-corrected chi connectivity index (χ4v) is 2.09. The summed E-state index contributed by atoms with van der Waals surface area (Å²) in [6.45, 7) is 1.35. The van der Waals surface area contributed by atoms with Crippen LogP contribution in [0.15, 0.2) is 24.3 Å². The van der Waals surface area contributed by atoms with Crippen LogP contribution in [0.1, 0.15) is 6.92 Å². The Morgan fingerprint density at radius 3 is 2.21 bits per heavy atom. The van der Waals surface area contributed by atoms with E-state index in [-0.39, 0.29) is 41.2 Å². The standard InChI is InChI=1S/C14H17NO8.Na/c1-6(16)15-7-2-4-8(5-3-7)22-14-11(19)9(17)10(18)12(23-14)13(20)21;/h2-5,9-12,14,17-19H,1H3,(H,15,16)(H,20,21);/q;+1/p-1/t9-,10-,11+,12+,14+;/m0./s1. The van der Waals surface area contributed by atoms with Crippen LogP contribution in [0.4, 0.5) is 5.69 Å². The number of ether oxygens (including phenoxy) is 2. The van der Waals surface area contributed by atoms with Gasteiger partial charge in [-0.3, -0.25) is 4.79 Å². The number of carboxylic acids is 1. The number of hydrogen-bond acceptors (Lipinski definition) is 8. The average molecular weight is 349 g/mol. The number of aliphatic carboxylic acids is 1. The summed E-state index contributed by atoms with van der Waals surface area (Å²) in [6.07, 6.45) is -8.61. The monoisotopic (exact) mass is 349 g/mol. The number of anilines is 1. The third-order valence-electron chi connectivity index (χ3n) is 3.23. The number of carbonyl (C=O) groups excluding carboxylic acids is 2. The van der Waals surface area contributed by atoms with Crippen molar-refractivity contribution in [1.82, 2.24) is 0 Å². The molecule has 24 heavy (non-hydrogen) atoms. The van der Waals surface area contributed by atoms with Crippen molar-refractivity contribution in [2.75, 3.05) is 5.32 Å². The first-order valence-corrected chi connectivity index (χ1v) is 6.74. The molecule has 0 bridgehead atoms.